The van der Waals surface area contributed by atoms with Gasteiger partial charge in [-0.05, 0) is 140 Å². The lowest BCUT2D eigenvalue weighted by Gasteiger charge is -2.57. The van der Waals surface area contributed by atoms with Gasteiger partial charge in [0.25, 0.3) is 0 Å². The summed E-state index contributed by atoms with van der Waals surface area (Å²) in [6, 6.07) is 48.3. The average molecular weight is 671 g/mol. The smallest absolute Gasteiger partial charge is 0.144 e. The summed E-state index contributed by atoms with van der Waals surface area (Å²) in [6.45, 7) is 4.73. The molecule has 1 heterocycles. The third-order valence-corrected chi connectivity index (χ3v) is 14.2. The summed E-state index contributed by atoms with van der Waals surface area (Å²) in [7, 11) is 0. The van der Waals surface area contributed by atoms with Crippen LogP contribution >= 0.6 is 0 Å². The summed E-state index contributed by atoms with van der Waals surface area (Å²) in [4.78, 5) is 0. The first-order valence-electron chi connectivity index (χ1n) is 19.6. The van der Waals surface area contributed by atoms with Gasteiger partial charge >= 0.3 is 0 Å². The van der Waals surface area contributed by atoms with Crippen molar-refractivity contribution in [2.45, 2.75) is 63.2 Å². The van der Waals surface area contributed by atoms with Gasteiger partial charge in [0, 0.05) is 27.3 Å². The zero-order chi connectivity index (χ0) is 34.3. The zero-order valence-electron chi connectivity index (χ0n) is 30.0. The Kier molecular flexibility index (Phi) is 5.81. The predicted octanol–water partition coefficient (Wildman–Crippen LogP) is 14.0. The van der Waals surface area contributed by atoms with Crippen LogP contribution in [0.1, 0.15) is 69.1 Å². The summed E-state index contributed by atoms with van der Waals surface area (Å²) in [5.41, 5.74) is 14.2. The van der Waals surface area contributed by atoms with Crippen molar-refractivity contribution in [2.24, 2.45) is 17.8 Å². The van der Waals surface area contributed by atoms with E-state index in [-0.39, 0.29) is 5.41 Å². The molecule has 0 amide bonds. The summed E-state index contributed by atoms with van der Waals surface area (Å²) >= 11 is 0. The molecule has 1 nitrogen and oxygen atoms in total. The van der Waals surface area contributed by atoms with Crippen molar-refractivity contribution >= 4 is 43.5 Å². The van der Waals surface area contributed by atoms with Crippen molar-refractivity contribution in [2.75, 3.05) is 0 Å². The Hall–Kier alpha value is -5.14. The second-order valence-corrected chi connectivity index (χ2v) is 17.5. The van der Waals surface area contributed by atoms with Crippen LogP contribution in [0.2, 0.25) is 0 Å². The van der Waals surface area contributed by atoms with E-state index >= 15 is 0 Å². The summed E-state index contributed by atoms with van der Waals surface area (Å²) in [5, 5.41) is 7.56. The van der Waals surface area contributed by atoms with Gasteiger partial charge in [-0.1, -0.05) is 123 Å². The molecule has 4 saturated carbocycles. The molecule has 0 saturated heterocycles. The minimum absolute atomic E-state index is 0.0781. The highest BCUT2D eigenvalue weighted by Gasteiger charge is 2.51. The molecule has 5 aliphatic carbocycles. The molecule has 252 valence electrons. The lowest BCUT2D eigenvalue weighted by molar-refractivity contribution is -0.00512. The van der Waals surface area contributed by atoms with Gasteiger partial charge in [0.2, 0.25) is 0 Å². The molecule has 0 unspecified atom stereocenters. The fourth-order valence-electron chi connectivity index (χ4n) is 12.3. The van der Waals surface area contributed by atoms with E-state index in [9.17, 15) is 0 Å². The molecule has 1 aromatic heterocycles. The molecule has 8 aromatic rings. The van der Waals surface area contributed by atoms with Crippen LogP contribution in [0.15, 0.2) is 132 Å². The van der Waals surface area contributed by atoms with E-state index in [1.54, 1.807) is 5.56 Å². The van der Waals surface area contributed by atoms with Gasteiger partial charge in [0.1, 0.15) is 11.2 Å². The van der Waals surface area contributed by atoms with Crippen molar-refractivity contribution in [1.82, 2.24) is 0 Å². The number of benzene rings is 7. The summed E-state index contributed by atoms with van der Waals surface area (Å²) in [5.74, 6) is 2.85. The molecular formula is C51H42O. The Morgan fingerprint density at radius 1 is 0.519 bits per heavy atom. The van der Waals surface area contributed by atoms with Crippen molar-refractivity contribution in [3.63, 3.8) is 0 Å². The van der Waals surface area contributed by atoms with Crippen LogP contribution in [-0.2, 0) is 10.8 Å². The Bertz CT molecular complexity index is 2770. The molecule has 0 atom stereocenters. The average Bonchev–Trinajstić information content (AvgIpc) is 3.65. The third kappa shape index (κ3) is 3.95. The van der Waals surface area contributed by atoms with Crippen molar-refractivity contribution in [1.29, 1.82) is 0 Å². The first kappa shape index (κ1) is 29.4. The van der Waals surface area contributed by atoms with Crippen molar-refractivity contribution in [3.8, 4) is 33.4 Å². The Morgan fingerprint density at radius 3 is 1.90 bits per heavy atom. The Balaban J connectivity index is 1.07. The van der Waals surface area contributed by atoms with Crippen LogP contribution in [0, 0.1) is 17.8 Å². The molecule has 1 heteroatoms. The van der Waals surface area contributed by atoms with Crippen LogP contribution in [0.3, 0.4) is 0 Å². The Morgan fingerprint density at radius 2 is 1.12 bits per heavy atom. The highest BCUT2D eigenvalue weighted by molar-refractivity contribution is 6.27. The lowest BCUT2D eigenvalue weighted by atomic mass is 9.48. The van der Waals surface area contributed by atoms with Crippen LogP contribution < -0.4 is 0 Å². The van der Waals surface area contributed by atoms with E-state index < -0.39 is 0 Å². The standard InChI is InChI=1S/C51H42O/c1-50(2)43-13-7-5-9-38(43)39-20-18-36(26-44(39)50)47-41-11-4-3-10-40(41)46(48-42-12-6-8-14-45(42)52-49(47)48)35-16-15-34-25-37(19-17-33(34)24-35)51-27-30-21-31(28-51)23-32(22-30)29-51/h3-20,24-26,30-32H,21-23,27-29H2,1-2H3. The van der Waals surface area contributed by atoms with Crippen LogP contribution in [0.25, 0.3) is 76.9 Å². The maximum Gasteiger partial charge on any atom is 0.144 e. The highest BCUT2D eigenvalue weighted by Crippen LogP contribution is 2.61. The van der Waals surface area contributed by atoms with E-state index in [0.717, 1.165) is 28.9 Å². The molecular weight excluding hydrogens is 629 g/mol. The van der Waals surface area contributed by atoms with E-state index in [1.165, 1.54) is 115 Å². The van der Waals surface area contributed by atoms with Gasteiger partial charge in [-0.15, -0.1) is 0 Å². The maximum atomic E-state index is 6.96. The van der Waals surface area contributed by atoms with Crippen LogP contribution in [-0.4, -0.2) is 0 Å². The van der Waals surface area contributed by atoms with Crippen LogP contribution in [0.4, 0.5) is 0 Å². The number of furan rings is 1. The first-order chi connectivity index (χ1) is 25.4. The molecule has 0 radical (unpaired) electrons. The minimum atomic E-state index is -0.0781. The van der Waals surface area contributed by atoms with E-state index in [4.69, 9.17) is 4.42 Å². The summed E-state index contributed by atoms with van der Waals surface area (Å²) < 4.78 is 6.96. The van der Waals surface area contributed by atoms with Gasteiger partial charge in [-0.3, -0.25) is 0 Å². The maximum absolute atomic E-state index is 6.96. The number of hydrogen-bond acceptors (Lipinski definition) is 1. The fraction of sp³-hybridized carbons (Fsp3) is 0.255. The second kappa shape index (κ2) is 10.3. The SMILES string of the molecule is CC1(C)c2ccccc2-c2ccc(-c3c4ccccc4c(-c4ccc5cc(C67CC8CC(CC(C8)C6)C7)ccc5c4)c4c3oc3ccccc34)cc21. The molecule has 0 N–H and O–H groups in total. The monoisotopic (exact) mass is 670 g/mol. The fourth-order valence-corrected chi connectivity index (χ4v) is 12.3. The van der Waals surface area contributed by atoms with E-state index in [2.05, 4.69) is 141 Å². The van der Waals surface area contributed by atoms with Crippen molar-refractivity contribution < 1.29 is 4.42 Å². The summed E-state index contributed by atoms with van der Waals surface area (Å²) in [6.07, 6.45) is 8.67. The normalized spacial score (nSPS) is 23.9. The topological polar surface area (TPSA) is 13.1 Å². The van der Waals surface area contributed by atoms with Gasteiger partial charge in [0.05, 0.1) is 0 Å². The third-order valence-electron chi connectivity index (χ3n) is 14.2. The number of fused-ring (bicyclic) bond motifs is 8. The first-order valence-corrected chi connectivity index (χ1v) is 19.6. The Labute approximate surface area is 305 Å². The number of hydrogen-bond donors (Lipinski definition) is 0. The van der Waals surface area contributed by atoms with Crippen LogP contribution in [0.5, 0.6) is 0 Å². The van der Waals surface area contributed by atoms with Gasteiger partial charge in [-0.2, -0.15) is 0 Å². The van der Waals surface area contributed by atoms with Gasteiger partial charge < -0.3 is 4.42 Å². The van der Waals surface area contributed by atoms with Gasteiger partial charge in [-0.25, -0.2) is 0 Å². The highest BCUT2D eigenvalue weighted by atomic mass is 16.3. The molecule has 7 aromatic carbocycles. The molecule has 4 bridgehead atoms. The largest absolute Gasteiger partial charge is 0.455 e. The van der Waals surface area contributed by atoms with E-state index in [0.29, 0.717) is 5.41 Å². The zero-order valence-corrected chi connectivity index (χ0v) is 30.0. The van der Waals surface area contributed by atoms with E-state index in [1.807, 2.05) is 0 Å². The molecule has 0 spiro atoms. The molecule has 13 rings (SSSR count). The quantitative estimate of drug-likeness (QED) is 0.182. The lowest BCUT2D eigenvalue weighted by Crippen LogP contribution is -2.48. The van der Waals surface area contributed by atoms with Crippen molar-refractivity contribution in [3.05, 3.63) is 144 Å². The number of para-hydroxylation sites is 1. The molecule has 0 aliphatic heterocycles. The number of rotatable bonds is 3. The predicted molar refractivity (Wildman–Crippen MR) is 217 cm³/mol. The second-order valence-electron chi connectivity index (χ2n) is 17.5. The molecule has 52 heavy (non-hydrogen) atoms. The minimum Gasteiger partial charge on any atom is -0.455 e. The molecule has 4 fully saturated rings. The molecule has 5 aliphatic rings. The van der Waals surface area contributed by atoms with Gasteiger partial charge in [0.15, 0.2) is 0 Å².